The molecule has 2 rings (SSSR count). The zero-order chi connectivity index (χ0) is 16.8. The predicted molar refractivity (Wildman–Crippen MR) is 94.8 cm³/mol. The molecule has 1 aliphatic rings. The average Bonchev–Trinajstić information content (AvgIpc) is 2.52. The van der Waals surface area contributed by atoms with Gasteiger partial charge in [0.05, 0.1) is 17.9 Å². The Balaban J connectivity index is 1.97. The van der Waals surface area contributed by atoms with E-state index in [1.54, 1.807) is 7.11 Å². The number of carbonyl (C=O) groups is 1. The minimum Gasteiger partial charge on any atom is -0.383 e. The molecule has 1 unspecified atom stereocenters. The van der Waals surface area contributed by atoms with Crippen LogP contribution in [-0.4, -0.2) is 37.8 Å². The van der Waals surface area contributed by atoms with Gasteiger partial charge in [-0.05, 0) is 43.6 Å². The SMILES string of the molecule is COCCNC(=S)NCCC1C=c2c(C)ccc(C)c2=NC1=O. The molecule has 0 fully saturated rings. The summed E-state index contributed by atoms with van der Waals surface area (Å²) in [7, 11) is 1.65. The lowest BCUT2D eigenvalue weighted by Crippen LogP contribution is -2.40. The lowest BCUT2D eigenvalue weighted by atomic mass is 9.97. The molecule has 0 aliphatic carbocycles. The minimum absolute atomic E-state index is 0.0775. The Kier molecular flexibility index (Phi) is 6.24. The van der Waals surface area contributed by atoms with Crippen LogP contribution in [0.2, 0.25) is 0 Å². The molecular weight excluding hydrogens is 310 g/mol. The van der Waals surface area contributed by atoms with Crippen LogP contribution in [0.15, 0.2) is 17.1 Å². The quantitative estimate of drug-likeness (QED) is 0.581. The van der Waals surface area contributed by atoms with E-state index in [-0.39, 0.29) is 11.8 Å². The van der Waals surface area contributed by atoms with Gasteiger partial charge in [-0.15, -0.1) is 0 Å². The van der Waals surface area contributed by atoms with E-state index in [9.17, 15) is 4.79 Å². The van der Waals surface area contributed by atoms with Crippen molar-refractivity contribution in [2.75, 3.05) is 26.8 Å². The summed E-state index contributed by atoms with van der Waals surface area (Å²) in [5.74, 6) is -0.275. The van der Waals surface area contributed by atoms with Crippen LogP contribution in [0, 0.1) is 19.8 Å². The number of methoxy groups -OCH3 is 1. The van der Waals surface area contributed by atoms with Crippen molar-refractivity contribution in [2.45, 2.75) is 20.3 Å². The fourth-order valence-corrected chi connectivity index (χ4v) is 2.72. The topological polar surface area (TPSA) is 62.7 Å². The van der Waals surface area contributed by atoms with Crippen LogP contribution in [0.5, 0.6) is 0 Å². The largest absolute Gasteiger partial charge is 0.383 e. The number of aryl methyl sites for hydroxylation is 2. The number of hydrogen-bond donors (Lipinski definition) is 2. The van der Waals surface area contributed by atoms with Crippen LogP contribution in [0.4, 0.5) is 0 Å². The Morgan fingerprint density at radius 1 is 1.26 bits per heavy atom. The van der Waals surface area contributed by atoms with E-state index in [0.717, 1.165) is 21.7 Å². The highest BCUT2D eigenvalue weighted by molar-refractivity contribution is 7.80. The number of carbonyl (C=O) groups excluding carboxylic acids is 1. The molecular formula is C17H23N3O2S. The summed E-state index contributed by atoms with van der Waals surface area (Å²) in [6, 6.07) is 4.07. The number of hydrogen-bond acceptors (Lipinski definition) is 3. The maximum atomic E-state index is 12.2. The molecule has 1 amide bonds. The molecule has 1 aliphatic heterocycles. The van der Waals surface area contributed by atoms with Gasteiger partial charge in [0.2, 0.25) is 0 Å². The molecule has 1 aromatic carbocycles. The van der Waals surface area contributed by atoms with E-state index in [0.29, 0.717) is 31.2 Å². The van der Waals surface area contributed by atoms with Crippen molar-refractivity contribution >= 4 is 29.3 Å². The number of rotatable bonds is 6. The molecule has 1 atom stereocenters. The van der Waals surface area contributed by atoms with Gasteiger partial charge in [0, 0.05) is 25.4 Å². The summed E-state index contributed by atoms with van der Waals surface area (Å²) in [6.45, 7) is 5.92. The Hall–Kier alpha value is -1.79. The van der Waals surface area contributed by atoms with Gasteiger partial charge in [0.25, 0.3) is 5.91 Å². The van der Waals surface area contributed by atoms with E-state index in [1.807, 2.05) is 26.0 Å². The second-order valence-corrected chi connectivity index (χ2v) is 6.06. The van der Waals surface area contributed by atoms with Gasteiger partial charge in [-0.2, -0.15) is 0 Å². The van der Waals surface area contributed by atoms with Gasteiger partial charge in [0.1, 0.15) is 0 Å². The van der Waals surface area contributed by atoms with Crippen LogP contribution in [0.25, 0.3) is 6.08 Å². The summed E-state index contributed by atoms with van der Waals surface area (Å²) in [4.78, 5) is 16.5. The smallest absolute Gasteiger partial charge is 0.253 e. The first kappa shape index (κ1) is 17.6. The highest BCUT2D eigenvalue weighted by Gasteiger charge is 2.19. The highest BCUT2D eigenvalue weighted by Crippen LogP contribution is 2.09. The Morgan fingerprint density at radius 3 is 2.70 bits per heavy atom. The van der Waals surface area contributed by atoms with Crippen LogP contribution >= 0.6 is 12.2 Å². The number of nitrogens with zero attached hydrogens (tertiary/aromatic N) is 1. The average molecular weight is 333 g/mol. The van der Waals surface area contributed by atoms with Crippen LogP contribution in [0.3, 0.4) is 0 Å². The third-order valence-electron chi connectivity index (χ3n) is 3.88. The molecule has 23 heavy (non-hydrogen) atoms. The van der Waals surface area contributed by atoms with E-state index < -0.39 is 0 Å². The maximum Gasteiger partial charge on any atom is 0.253 e. The van der Waals surface area contributed by atoms with Crippen molar-refractivity contribution < 1.29 is 9.53 Å². The molecule has 0 aromatic heterocycles. The monoisotopic (exact) mass is 333 g/mol. The lowest BCUT2D eigenvalue weighted by molar-refractivity contribution is -0.120. The number of thiocarbonyl (C=S) groups is 1. The Morgan fingerprint density at radius 2 is 1.96 bits per heavy atom. The lowest BCUT2D eigenvalue weighted by Gasteiger charge is -2.15. The van der Waals surface area contributed by atoms with Gasteiger partial charge in [0.15, 0.2) is 5.11 Å². The van der Waals surface area contributed by atoms with Crippen molar-refractivity contribution in [3.8, 4) is 0 Å². The van der Waals surface area contributed by atoms with Crippen LogP contribution in [0.1, 0.15) is 17.5 Å². The van der Waals surface area contributed by atoms with Crippen molar-refractivity contribution in [2.24, 2.45) is 10.9 Å². The molecule has 6 heteroatoms. The van der Waals surface area contributed by atoms with Crippen molar-refractivity contribution in [1.29, 1.82) is 0 Å². The van der Waals surface area contributed by atoms with E-state index in [1.165, 1.54) is 0 Å². The van der Waals surface area contributed by atoms with Crippen LogP contribution in [-0.2, 0) is 9.53 Å². The molecule has 0 bridgehead atoms. The van der Waals surface area contributed by atoms with E-state index in [4.69, 9.17) is 17.0 Å². The van der Waals surface area contributed by atoms with Gasteiger partial charge < -0.3 is 15.4 Å². The summed E-state index contributed by atoms with van der Waals surface area (Å²) < 4.78 is 4.95. The molecule has 0 radical (unpaired) electrons. The maximum absolute atomic E-state index is 12.2. The number of fused-ring (bicyclic) bond motifs is 1. The number of amides is 1. The Bertz CT molecular complexity index is 715. The zero-order valence-electron chi connectivity index (χ0n) is 13.8. The standard InChI is InChI=1S/C17H23N3O2S/c1-11-4-5-12(2)15-14(11)10-13(16(21)20-15)6-7-18-17(23)19-8-9-22-3/h4-5,10,13H,6-9H2,1-3H3,(H2,18,19,23). The first-order valence-electron chi connectivity index (χ1n) is 7.74. The minimum atomic E-state index is -0.197. The van der Waals surface area contributed by atoms with Gasteiger partial charge >= 0.3 is 0 Å². The van der Waals surface area contributed by atoms with Gasteiger partial charge in [-0.1, -0.05) is 18.2 Å². The van der Waals surface area contributed by atoms with Crippen molar-refractivity contribution in [3.05, 3.63) is 33.8 Å². The third-order valence-corrected chi connectivity index (χ3v) is 4.17. The molecule has 1 heterocycles. The number of benzene rings is 1. The normalized spacial score (nSPS) is 16.1. The molecule has 5 nitrogen and oxygen atoms in total. The molecule has 0 saturated carbocycles. The highest BCUT2D eigenvalue weighted by atomic mass is 32.1. The predicted octanol–water partition coefficient (Wildman–Crippen LogP) is 0.361. The molecule has 0 spiro atoms. The summed E-state index contributed by atoms with van der Waals surface area (Å²) in [5, 5.41) is 8.62. The summed E-state index contributed by atoms with van der Waals surface area (Å²) in [5.41, 5.74) is 2.19. The first-order valence-corrected chi connectivity index (χ1v) is 8.15. The fourth-order valence-electron chi connectivity index (χ4n) is 2.52. The van der Waals surface area contributed by atoms with Crippen molar-refractivity contribution in [1.82, 2.24) is 10.6 Å². The Labute approximate surface area is 141 Å². The van der Waals surface area contributed by atoms with Gasteiger partial charge in [-0.25, -0.2) is 4.99 Å². The van der Waals surface area contributed by atoms with Gasteiger partial charge in [-0.3, -0.25) is 4.79 Å². The molecule has 124 valence electrons. The second kappa shape index (κ2) is 8.17. The summed E-state index contributed by atoms with van der Waals surface area (Å²) >= 11 is 5.17. The molecule has 0 saturated heterocycles. The molecule has 1 aromatic rings. The number of ether oxygens (including phenoxy) is 1. The number of nitrogens with one attached hydrogen (secondary N) is 2. The first-order chi connectivity index (χ1) is 11.0. The van der Waals surface area contributed by atoms with Crippen molar-refractivity contribution in [3.63, 3.8) is 0 Å². The zero-order valence-corrected chi connectivity index (χ0v) is 14.6. The summed E-state index contributed by atoms with van der Waals surface area (Å²) in [6.07, 6.45) is 2.71. The van der Waals surface area contributed by atoms with E-state index >= 15 is 0 Å². The third kappa shape index (κ3) is 4.59. The van der Waals surface area contributed by atoms with E-state index in [2.05, 4.69) is 21.7 Å². The second-order valence-electron chi connectivity index (χ2n) is 5.65. The van der Waals surface area contributed by atoms with Crippen LogP contribution < -0.4 is 21.2 Å². The molecule has 2 N–H and O–H groups in total. The fraction of sp³-hybridized carbons (Fsp3) is 0.471.